The molecule has 0 bridgehead atoms. The van der Waals surface area contributed by atoms with E-state index in [4.69, 9.17) is 25.3 Å². The van der Waals surface area contributed by atoms with Gasteiger partial charge in [-0.15, -0.1) is 9.05 Å². The average Bonchev–Trinajstić information content (AvgIpc) is 3.17. The molecule has 0 saturated carbocycles. The van der Waals surface area contributed by atoms with E-state index in [0.717, 1.165) is 38.5 Å². The second-order valence-corrected chi connectivity index (χ2v) is 10.8. The second kappa shape index (κ2) is 14.8. The van der Waals surface area contributed by atoms with Crippen LogP contribution in [-0.4, -0.2) is 53.8 Å². The van der Waals surface area contributed by atoms with Gasteiger partial charge in [-0.05, 0) is 67.7 Å². The number of nitrogens with zero attached hydrogens (tertiary/aromatic N) is 1. The fourth-order valence-electron chi connectivity index (χ4n) is 3.48. The van der Waals surface area contributed by atoms with E-state index in [-0.39, 0.29) is 13.0 Å². The van der Waals surface area contributed by atoms with Gasteiger partial charge in [-0.1, -0.05) is 0 Å². The van der Waals surface area contributed by atoms with Gasteiger partial charge >= 0.3 is 21.7 Å². The molecule has 5 N–H and O–H groups in total. The van der Waals surface area contributed by atoms with E-state index in [9.17, 15) is 18.7 Å². The van der Waals surface area contributed by atoms with Crippen LogP contribution in [0, 0.1) is 6.92 Å². The van der Waals surface area contributed by atoms with Gasteiger partial charge in [-0.25, -0.2) is 4.79 Å². The van der Waals surface area contributed by atoms with Crippen molar-refractivity contribution in [3.63, 3.8) is 0 Å². The number of hydrogen-bond acceptors (Lipinski definition) is 9. The fraction of sp³-hybridized carbons (Fsp3) is 0.800. The minimum absolute atomic E-state index is 0.0132. The summed E-state index contributed by atoms with van der Waals surface area (Å²) in [5.74, 6) is 0. The van der Waals surface area contributed by atoms with Crippen molar-refractivity contribution in [2.24, 2.45) is 11.5 Å². The van der Waals surface area contributed by atoms with Gasteiger partial charge in [-0.2, -0.15) is 0 Å². The molecular weight excluding hydrogens is 470 g/mol. The van der Waals surface area contributed by atoms with E-state index >= 15 is 0 Å². The molecule has 0 aliphatic carbocycles. The Balaban J connectivity index is 2.01. The molecule has 0 amide bonds. The molecule has 0 radical (unpaired) electrons. The lowest BCUT2D eigenvalue weighted by Gasteiger charge is -2.14. The molecule has 1 fully saturated rings. The SMILES string of the molecule is Cc1cn([C@H]2CC(O[P+](=O)CCCCCN)[C@@H](CO[P+](=O)CCCCCN)O2)c(=O)[nH]c1=O. The maximum atomic E-state index is 12.5. The minimum atomic E-state index is -1.94. The van der Waals surface area contributed by atoms with Gasteiger partial charge in [0.2, 0.25) is 0 Å². The van der Waals surface area contributed by atoms with E-state index in [1.54, 1.807) is 6.92 Å². The number of aryl methyl sites for hydroxylation is 1. The molecule has 2 rings (SSSR count). The minimum Gasteiger partial charge on any atom is -0.349 e. The number of nitrogens with one attached hydrogen (secondary N) is 1. The van der Waals surface area contributed by atoms with Crippen molar-refractivity contribution in [2.45, 2.75) is 70.3 Å². The highest BCUT2D eigenvalue weighted by Crippen LogP contribution is 2.38. The Hall–Kier alpha value is -1.32. The first kappa shape index (κ1) is 27.9. The molecule has 1 aliphatic rings. The molecule has 11 nitrogen and oxygen atoms in total. The molecule has 1 saturated heterocycles. The summed E-state index contributed by atoms with van der Waals surface area (Å²) in [5.41, 5.74) is 10.3. The van der Waals surface area contributed by atoms with Crippen LogP contribution < -0.4 is 22.7 Å². The number of hydrogen-bond donors (Lipinski definition) is 3. The highest BCUT2D eigenvalue weighted by Gasteiger charge is 2.44. The van der Waals surface area contributed by atoms with Crippen LogP contribution in [0.15, 0.2) is 15.8 Å². The van der Waals surface area contributed by atoms with Crippen molar-refractivity contribution < 1.29 is 22.9 Å². The zero-order valence-corrected chi connectivity index (χ0v) is 20.9. The quantitative estimate of drug-likeness (QED) is 0.225. The van der Waals surface area contributed by atoms with Crippen molar-refractivity contribution >= 4 is 16.1 Å². The maximum Gasteiger partial charge on any atom is 0.508 e. The second-order valence-electron chi connectivity index (χ2n) is 8.09. The Labute approximate surface area is 195 Å². The fourth-order valence-corrected chi connectivity index (χ4v) is 5.52. The first-order valence-electron chi connectivity index (χ1n) is 11.4. The summed E-state index contributed by atoms with van der Waals surface area (Å²) in [6.45, 7) is 2.77. The molecule has 5 atom stereocenters. The normalized spacial score (nSPS) is 21.4. The van der Waals surface area contributed by atoms with Crippen LogP contribution in [0.3, 0.4) is 0 Å². The Morgan fingerprint density at radius 3 is 2.33 bits per heavy atom. The van der Waals surface area contributed by atoms with Crippen LogP contribution in [-0.2, 0) is 22.9 Å². The van der Waals surface area contributed by atoms with Crippen molar-refractivity contribution in [3.05, 3.63) is 32.6 Å². The molecule has 1 aliphatic heterocycles. The van der Waals surface area contributed by atoms with Gasteiger partial charge in [0.05, 0.1) is 0 Å². The lowest BCUT2D eigenvalue weighted by molar-refractivity contribution is -0.0352. The Morgan fingerprint density at radius 2 is 1.70 bits per heavy atom. The zero-order chi connectivity index (χ0) is 24.2. The molecule has 186 valence electrons. The predicted molar refractivity (Wildman–Crippen MR) is 126 cm³/mol. The van der Waals surface area contributed by atoms with Crippen molar-refractivity contribution in [2.75, 3.05) is 32.0 Å². The number of nitrogens with two attached hydrogens (primary N) is 2. The number of rotatable bonds is 16. The van der Waals surface area contributed by atoms with Crippen LogP contribution in [0.4, 0.5) is 0 Å². The Kier molecular flexibility index (Phi) is 12.6. The standard InChI is InChI=1S/C20H35N4O7P2/c1-15-13-24(20(26)23-19(15)25)18-12-16(31-33(28)11-7-3-5-9-22)17(30-18)14-29-32(27)10-6-2-4-8-21/h13,16-18H,2-12,14,21-22H2,1H3/q+1/p+1/t16?,17-,18-/m1/s1. The van der Waals surface area contributed by atoms with E-state index in [1.807, 2.05) is 0 Å². The monoisotopic (exact) mass is 506 g/mol. The van der Waals surface area contributed by atoms with Gasteiger partial charge in [0, 0.05) is 18.2 Å². The average molecular weight is 506 g/mol. The molecule has 0 aromatic carbocycles. The van der Waals surface area contributed by atoms with Crippen LogP contribution in [0.1, 0.15) is 56.7 Å². The van der Waals surface area contributed by atoms with Gasteiger partial charge in [0.1, 0.15) is 25.0 Å². The zero-order valence-electron chi connectivity index (χ0n) is 19.1. The summed E-state index contributed by atoms with van der Waals surface area (Å²) in [6, 6.07) is 0. The van der Waals surface area contributed by atoms with Crippen LogP contribution >= 0.6 is 16.1 Å². The maximum absolute atomic E-state index is 12.5. The largest absolute Gasteiger partial charge is 0.508 e. The number of H-pyrrole nitrogens is 1. The summed E-state index contributed by atoms with van der Waals surface area (Å²) in [6.07, 6.45) is 5.48. The van der Waals surface area contributed by atoms with E-state index in [1.165, 1.54) is 10.8 Å². The van der Waals surface area contributed by atoms with Crippen molar-refractivity contribution in [1.29, 1.82) is 0 Å². The summed E-state index contributed by atoms with van der Waals surface area (Å²) in [5, 5.41) is 0. The molecule has 1 aromatic heterocycles. The van der Waals surface area contributed by atoms with Gasteiger partial charge in [0.15, 0.2) is 12.3 Å². The number of aromatic amines is 1. The van der Waals surface area contributed by atoms with E-state index < -0.39 is 45.7 Å². The molecule has 3 unspecified atom stereocenters. The summed E-state index contributed by atoms with van der Waals surface area (Å²) in [4.78, 5) is 26.2. The highest BCUT2D eigenvalue weighted by molar-refractivity contribution is 7.39. The highest BCUT2D eigenvalue weighted by atomic mass is 31.1. The van der Waals surface area contributed by atoms with E-state index in [0.29, 0.717) is 31.0 Å². The summed E-state index contributed by atoms with van der Waals surface area (Å²) in [7, 11) is -3.82. The molecule has 13 heteroatoms. The summed E-state index contributed by atoms with van der Waals surface area (Å²) >= 11 is 0. The third-order valence-corrected chi connectivity index (χ3v) is 7.67. The molecule has 1 aromatic rings. The first-order chi connectivity index (χ1) is 15.8. The van der Waals surface area contributed by atoms with Crippen LogP contribution in [0.25, 0.3) is 0 Å². The van der Waals surface area contributed by atoms with Gasteiger partial charge < -0.3 is 16.2 Å². The van der Waals surface area contributed by atoms with Gasteiger partial charge in [-0.3, -0.25) is 14.3 Å². The number of aromatic nitrogens is 2. The molecule has 33 heavy (non-hydrogen) atoms. The summed E-state index contributed by atoms with van der Waals surface area (Å²) < 4.78 is 43.2. The lowest BCUT2D eigenvalue weighted by atomic mass is 10.2. The first-order valence-corrected chi connectivity index (χ1v) is 14.1. The van der Waals surface area contributed by atoms with Crippen LogP contribution in [0.2, 0.25) is 0 Å². The van der Waals surface area contributed by atoms with Crippen molar-refractivity contribution in [1.82, 2.24) is 9.55 Å². The van der Waals surface area contributed by atoms with E-state index in [2.05, 4.69) is 4.98 Å². The van der Waals surface area contributed by atoms with Gasteiger partial charge in [0.25, 0.3) is 5.56 Å². The number of ether oxygens (including phenoxy) is 1. The molecule has 0 spiro atoms. The molecule has 2 heterocycles. The Bertz CT molecular complexity index is 892. The predicted octanol–water partition coefficient (Wildman–Crippen LogP) is 2.28. The third kappa shape index (κ3) is 9.45. The lowest BCUT2D eigenvalue weighted by Crippen LogP contribution is -2.33. The smallest absolute Gasteiger partial charge is 0.349 e. The number of unbranched alkanes of at least 4 members (excludes halogenated alkanes) is 4. The third-order valence-electron chi connectivity index (χ3n) is 5.36. The van der Waals surface area contributed by atoms with Crippen LogP contribution in [0.5, 0.6) is 0 Å². The Morgan fingerprint density at radius 1 is 1.06 bits per heavy atom. The topological polar surface area (TPSA) is 169 Å². The molecular formula is C20H36N4O7P2+2. The van der Waals surface area contributed by atoms with Crippen molar-refractivity contribution in [3.8, 4) is 0 Å².